The SMILES string of the molecule is O=C1C(=O)N(CCc2ccccc2)[C@@H](c2cccc(F)c2)/C1=C(\O)c1ccccc1. The number of halogens is 1. The highest BCUT2D eigenvalue weighted by Gasteiger charge is 2.45. The van der Waals surface area contributed by atoms with E-state index in [1.807, 2.05) is 30.3 Å². The minimum atomic E-state index is -0.857. The molecule has 1 aliphatic rings. The van der Waals surface area contributed by atoms with Gasteiger partial charge in [0.15, 0.2) is 0 Å². The lowest BCUT2D eigenvalue weighted by molar-refractivity contribution is -0.139. The zero-order valence-electron chi connectivity index (χ0n) is 16.2. The molecule has 1 heterocycles. The van der Waals surface area contributed by atoms with Crippen molar-refractivity contribution in [1.82, 2.24) is 4.90 Å². The first kappa shape index (κ1) is 19.6. The Hall–Kier alpha value is -3.73. The number of hydrogen-bond acceptors (Lipinski definition) is 3. The molecule has 0 saturated carbocycles. The van der Waals surface area contributed by atoms with E-state index in [4.69, 9.17) is 0 Å². The van der Waals surface area contributed by atoms with Gasteiger partial charge in [0, 0.05) is 12.1 Å². The number of carbonyl (C=O) groups is 2. The minimum absolute atomic E-state index is 0.0233. The molecular weight excluding hydrogens is 381 g/mol. The quantitative estimate of drug-likeness (QED) is 0.389. The van der Waals surface area contributed by atoms with E-state index >= 15 is 0 Å². The van der Waals surface area contributed by atoms with Crippen molar-refractivity contribution in [3.8, 4) is 0 Å². The van der Waals surface area contributed by atoms with Crippen molar-refractivity contribution in [3.05, 3.63) is 113 Å². The van der Waals surface area contributed by atoms with Gasteiger partial charge < -0.3 is 10.0 Å². The number of aliphatic hydroxyl groups excluding tert-OH is 1. The lowest BCUT2D eigenvalue weighted by atomic mass is 9.95. The van der Waals surface area contributed by atoms with Gasteiger partial charge in [-0.15, -0.1) is 0 Å². The van der Waals surface area contributed by atoms with E-state index in [-0.39, 0.29) is 17.9 Å². The number of benzene rings is 3. The first-order chi connectivity index (χ1) is 14.6. The molecule has 3 aromatic rings. The zero-order valence-corrected chi connectivity index (χ0v) is 16.2. The van der Waals surface area contributed by atoms with Crippen molar-refractivity contribution >= 4 is 17.4 Å². The summed E-state index contributed by atoms with van der Waals surface area (Å²) >= 11 is 0. The summed E-state index contributed by atoms with van der Waals surface area (Å²) in [5, 5.41) is 10.9. The standard InChI is InChI=1S/C25H20FNO3/c26-20-13-7-12-19(16-20)22-21(23(28)18-10-5-2-6-11-18)24(29)25(30)27(22)15-14-17-8-3-1-4-9-17/h1-13,16,22,28H,14-15H2/b23-21+/t22-/m0/s1. The van der Waals surface area contributed by atoms with Gasteiger partial charge in [0.25, 0.3) is 11.7 Å². The van der Waals surface area contributed by atoms with Crippen LogP contribution in [0.5, 0.6) is 0 Å². The van der Waals surface area contributed by atoms with Gasteiger partial charge in [-0.3, -0.25) is 9.59 Å². The fourth-order valence-corrected chi connectivity index (χ4v) is 3.78. The molecule has 1 N–H and O–H groups in total. The van der Waals surface area contributed by atoms with Crippen LogP contribution in [-0.4, -0.2) is 28.2 Å². The summed E-state index contributed by atoms with van der Waals surface area (Å²) in [6.45, 7) is 0.265. The van der Waals surface area contributed by atoms with Crippen LogP contribution in [0.4, 0.5) is 4.39 Å². The second kappa shape index (κ2) is 8.33. The number of rotatable bonds is 5. The van der Waals surface area contributed by atoms with Gasteiger partial charge in [-0.1, -0.05) is 72.8 Å². The molecule has 5 heteroatoms. The molecule has 4 rings (SSSR count). The van der Waals surface area contributed by atoms with E-state index in [0.29, 0.717) is 17.5 Å². The van der Waals surface area contributed by atoms with Crippen molar-refractivity contribution in [2.75, 3.05) is 6.54 Å². The zero-order chi connectivity index (χ0) is 21.1. The highest BCUT2D eigenvalue weighted by molar-refractivity contribution is 6.46. The number of amides is 1. The number of Topliss-reactive ketones (excluding diaryl/α,β-unsaturated/α-hetero) is 1. The third-order valence-electron chi connectivity index (χ3n) is 5.24. The monoisotopic (exact) mass is 401 g/mol. The van der Waals surface area contributed by atoms with E-state index in [0.717, 1.165) is 5.56 Å². The van der Waals surface area contributed by atoms with Crippen LogP contribution >= 0.6 is 0 Å². The summed E-state index contributed by atoms with van der Waals surface area (Å²) in [7, 11) is 0. The normalized spacial score (nSPS) is 18.0. The Morgan fingerprint density at radius 3 is 2.23 bits per heavy atom. The summed E-state index contributed by atoms with van der Waals surface area (Å²) in [4.78, 5) is 27.2. The number of carbonyl (C=O) groups excluding carboxylic acids is 2. The number of hydrogen-bond donors (Lipinski definition) is 1. The maximum atomic E-state index is 14.0. The smallest absolute Gasteiger partial charge is 0.295 e. The summed E-state index contributed by atoms with van der Waals surface area (Å²) in [6, 6.07) is 23.1. The molecule has 1 amide bonds. The summed E-state index contributed by atoms with van der Waals surface area (Å²) in [6.07, 6.45) is 0.533. The average Bonchev–Trinajstić information content (AvgIpc) is 3.03. The second-order valence-corrected chi connectivity index (χ2v) is 7.15. The van der Waals surface area contributed by atoms with Gasteiger partial charge in [-0.2, -0.15) is 0 Å². The van der Waals surface area contributed by atoms with Gasteiger partial charge >= 0.3 is 0 Å². The van der Waals surface area contributed by atoms with Crippen LogP contribution in [-0.2, 0) is 16.0 Å². The minimum Gasteiger partial charge on any atom is -0.507 e. The third-order valence-corrected chi connectivity index (χ3v) is 5.24. The maximum absolute atomic E-state index is 14.0. The fourth-order valence-electron chi connectivity index (χ4n) is 3.78. The molecule has 150 valence electrons. The molecular formula is C25H20FNO3. The largest absolute Gasteiger partial charge is 0.507 e. The van der Waals surface area contributed by atoms with Crippen LogP contribution < -0.4 is 0 Å². The van der Waals surface area contributed by atoms with Crippen molar-refractivity contribution in [1.29, 1.82) is 0 Å². The Bertz CT molecular complexity index is 1110. The molecule has 1 aliphatic heterocycles. The Morgan fingerprint density at radius 2 is 1.57 bits per heavy atom. The van der Waals surface area contributed by atoms with Crippen LogP contribution in [0.15, 0.2) is 90.5 Å². The Labute approximate surface area is 173 Å². The first-order valence-electron chi connectivity index (χ1n) is 9.69. The van der Waals surface area contributed by atoms with Crippen molar-refractivity contribution < 1.29 is 19.1 Å². The lowest BCUT2D eigenvalue weighted by Crippen LogP contribution is -2.31. The fraction of sp³-hybridized carbons (Fsp3) is 0.120. The molecule has 1 atom stereocenters. The molecule has 30 heavy (non-hydrogen) atoms. The molecule has 0 bridgehead atoms. The Kier molecular flexibility index (Phi) is 5.44. The predicted octanol–water partition coefficient (Wildman–Crippen LogP) is 4.49. The van der Waals surface area contributed by atoms with E-state index in [2.05, 4.69) is 0 Å². The highest BCUT2D eigenvalue weighted by atomic mass is 19.1. The van der Waals surface area contributed by atoms with E-state index < -0.39 is 23.5 Å². The molecule has 1 saturated heterocycles. The summed E-state index contributed by atoms with van der Waals surface area (Å²) < 4.78 is 14.0. The molecule has 3 aromatic carbocycles. The average molecular weight is 401 g/mol. The summed E-state index contributed by atoms with van der Waals surface area (Å²) in [5.41, 5.74) is 1.87. The van der Waals surface area contributed by atoms with Crippen LogP contribution in [0.25, 0.3) is 5.76 Å². The number of ketones is 1. The molecule has 0 radical (unpaired) electrons. The molecule has 0 unspecified atom stereocenters. The van der Waals surface area contributed by atoms with Gasteiger partial charge in [0.05, 0.1) is 11.6 Å². The molecule has 1 fully saturated rings. The van der Waals surface area contributed by atoms with Gasteiger partial charge in [0.2, 0.25) is 0 Å². The van der Waals surface area contributed by atoms with Crippen LogP contribution in [0.2, 0.25) is 0 Å². The first-order valence-corrected chi connectivity index (χ1v) is 9.69. The lowest BCUT2D eigenvalue weighted by Gasteiger charge is -2.25. The van der Waals surface area contributed by atoms with E-state index in [1.54, 1.807) is 36.4 Å². The van der Waals surface area contributed by atoms with Gasteiger partial charge in [-0.05, 0) is 29.7 Å². The van der Waals surface area contributed by atoms with Crippen LogP contribution in [0.1, 0.15) is 22.7 Å². The Morgan fingerprint density at radius 1 is 0.900 bits per heavy atom. The van der Waals surface area contributed by atoms with Crippen LogP contribution in [0, 0.1) is 5.82 Å². The number of aliphatic hydroxyl groups is 1. The van der Waals surface area contributed by atoms with E-state index in [9.17, 15) is 19.1 Å². The highest BCUT2D eigenvalue weighted by Crippen LogP contribution is 2.39. The van der Waals surface area contributed by atoms with Crippen molar-refractivity contribution in [2.24, 2.45) is 0 Å². The second-order valence-electron chi connectivity index (χ2n) is 7.15. The summed E-state index contributed by atoms with van der Waals surface area (Å²) in [5.74, 6) is -2.19. The Balaban J connectivity index is 1.79. The number of likely N-dealkylation sites (tertiary alicyclic amines) is 1. The predicted molar refractivity (Wildman–Crippen MR) is 112 cm³/mol. The van der Waals surface area contributed by atoms with Gasteiger partial charge in [0.1, 0.15) is 11.6 Å². The maximum Gasteiger partial charge on any atom is 0.295 e. The van der Waals surface area contributed by atoms with Gasteiger partial charge in [-0.25, -0.2) is 4.39 Å². The molecule has 0 aromatic heterocycles. The van der Waals surface area contributed by atoms with E-state index in [1.165, 1.54) is 23.1 Å². The van der Waals surface area contributed by atoms with Crippen molar-refractivity contribution in [3.63, 3.8) is 0 Å². The number of nitrogens with zero attached hydrogens (tertiary/aromatic N) is 1. The third kappa shape index (κ3) is 3.74. The van der Waals surface area contributed by atoms with Crippen LogP contribution in [0.3, 0.4) is 0 Å². The molecule has 4 nitrogen and oxygen atoms in total. The molecule has 0 aliphatic carbocycles. The van der Waals surface area contributed by atoms with Crippen molar-refractivity contribution in [2.45, 2.75) is 12.5 Å². The molecule has 0 spiro atoms. The topological polar surface area (TPSA) is 57.6 Å².